The Morgan fingerprint density at radius 2 is 1.85 bits per heavy atom. The number of rotatable bonds is 4. The SMILES string of the molecule is CC[NH+](CCCl)c1ccccc1.[Cl-]. The fraction of sp³-hybridized carbons (Fsp3) is 0.400. The highest BCUT2D eigenvalue weighted by Gasteiger charge is 2.06. The van der Waals surface area contributed by atoms with Gasteiger partial charge >= 0.3 is 0 Å². The van der Waals surface area contributed by atoms with Gasteiger partial charge in [-0.1, -0.05) is 18.2 Å². The molecular formula is C10H15Cl2N. The maximum Gasteiger partial charge on any atom is 0.131 e. The molecule has 0 spiro atoms. The average molecular weight is 220 g/mol. The Labute approximate surface area is 91.1 Å². The van der Waals surface area contributed by atoms with Crippen molar-refractivity contribution in [2.24, 2.45) is 0 Å². The molecule has 0 radical (unpaired) electrons. The van der Waals surface area contributed by atoms with Crippen LogP contribution in [0.1, 0.15) is 6.92 Å². The second-order valence-electron chi connectivity index (χ2n) is 2.76. The van der Waals surface area contributed by atoms with Gasteiger partial charge in [0.25, 0.3) is 0 Å². The number of para-hydroxylation sites is 1. The quantitative estimate of drug-likeness (QED) is 0.587. The van der Waals surface area contributed by atoms with E-state index in [1.807, 2.05) is 6.07 Å². The van der Waals surface area contributed by atoms with Crippen molar-refractivity contribution in [2.75, 3.05) is 19.0 Å². The Bertz CT molecular complexity index is 213. The van der Waals surface area contributed by atoms with E-state index in [1.54, 1.807) is 0 Å². The third-order valence-electron chi connectivity index (χ3n) is 2.01. The molecule has 1 atom stereocenters. The molecule has 3 heteroatoms. The van der Waals surface area contributed by atoms with Gasteiger partial charge in [0.2, 0.25) is 0 Å². The summed E-state index contributed by atoms with van der Waals surface area (Å²) in [6, 6.07) is 10.5. The molecule has 0 aliphatic carbocycles. The summed E-state index contributed by atoms with van der Waals surface area (Å²) in [5.74, 6) is 0.720. The van der Waals surface area contributed by atoms with Crippen molar-refractivity contribution in [1.29, 1.82) is 0 Å². The van der Waals surface area contributed by atoms with Gasteiger partial charge in [0.15, 0.2) is 0 Å². The van der Waals surface area contributed by atoms with E-state index in [0.29, 0.717) is 0 Å². The molecule has 0 fully saturated rings. The predicted octanol–water partition coefficient (Wildman–Crippen LogP) is -1.53. The Morgan fingerprint density at radius 3 is 2.31 bits per heavy atom. The van der Waals surface area contributed by atoms with Gasteiger partial charge in [-0.25, -0.2) is 0 Å². The van der Waals surface area contributed by atoms with Crippen molar-refractivity contribution in [2.45, 2.75) is 6.92 Å². The van der Waals surface area contributed by atoms with E-state index >= 15 is 0 Å². The third-order valence-corrected chi connectivity index (χ3v) is 2.19. The summed E-state index contributed by atoms with van der Waals surface area (Å²) in [6.07, 6.45) is 0. The minimum Gasteiger partial charge on any atom is -1.00 e. The zero-order valence-corrected chi connectivity index (χ0v) is 9.28. The lowest BCUT2D eigenvalue weighted by Crippen LogP contribution is -3.07. The van der Waals surface area contributed by atoms with E-state index in [1.165, 1.54) is 10.6 Å². The molecule has 0 heterocycles. The Morgan fingerprint density at radius 1 is 1.23 bits per heavy atom. The molecule has 0 aliphatic heterocycles. The van der Waals surface area contributed by atoms with Gasteiger partial charge in [-0.3, -0.25) is 0 Å². The van der Waals surface area contributed by atoms with Gasteiger partial charge in [0.05, 0.1) is 19.0 Å². The molecule has 1 nitrogen and oxygen atoms in total. The number of benzene rings is 1. The van der Waals surface area contributed by atoms with Crippen molar-refractivity contribution in [3.05, 3.63) is 30.3 Å². The smallest absolute Gasteiger partial charge is 0.131 e. The summed E-state index contributed by atoms with van der Waals surface area (Å²) in [5.41, 5.74) is 1.33. The van der Waals surface area contributed by atoms with Gasteiger partial charge < -0.3 is 17.3 Å². The lowest BCUT2D eigenvalue weighted by molar-refractivity contribution is -0.827. The first-order valence-corrected chi connectivity index (χ1v) is 4.88. The van der Waals surface area contributed by atoms with Crippen LogP contribution in [-0.4, -0.2) is 19.0 Å². The lowest BCUT2D eigenvalue weighted by Gasteiger charge is -2.14. The fourth-order valence-corrected chi connectivity index (χ4v) is 1.54. The van der Waals surface area contributed by atoms with Crippen LogP contribution in [0.3, 0.4) is 0 Å². The van der Waals surface area contributed by atoms with Crippen LogP contribution in [0.5, 0.6) is 0 Å². The Hall–Kier alpha value is -0.240. The van der Waals surface area contributed by atoms with Crippen LogP contribution in [0.15, 0.2) is 30.3 Å². The topological polar surface area (TPSA) is 4.44 Å². The van der Waals surface area contributed by atoms with E-state index in [9.17, 15) is 0 Å². The van der Waals surface area contributed by atoms with Crippen LogP contribution >= 0.6 is 11.6 Å². The number of nitrogens with one attached hydrogen (secondary N) is 1. The molecule has 1 aromatic rings. The van der Waals surface area contributed by atoms with Crippen LogP contribution in [0, 0.1) is 0 Å². The molecule has 74 valence electrons. The fourth-order valence-electron chi connectivity index (χ4n) is 1.31. The molecule has 1 unspecified atom stereocenters. The van der Waals surface area contributed by atoms with E-state index in [4.69, 9.17) is 11.6 Å². The van der Waals surface area contributed by atoms with E-state index in [-0.39, 0.29) is 12.4 Å². The van der Waals surface area contributed by atoms with Crippen molar-refractivity contribution in [1.82, 2.24) is 0 Å². The van der Waals surface area contributed by atoms with Crippen LogP contribution < -0.4 is 17.3 Å². The van der Waals surface area contributed by atoms with Crippen molar-refractivity contribution in [3.63, 3.8) is 0 Å². The normalized spacial score (nSPS) is 11.8. The third kappa shape index (κ3) is 3.99. The molecule has 1 rings (SSSR count). The summed E-state index contributed by atoms with van der Waals surface area (Å²) in [5, 5.41) is 0. The first-order chi connectivity index (χ1) is 5.88. The molecule has 1 aromatic carbocycles. The highest BCUT2D eigenvalue weighted by molar-refractivity contribution is 6.17. The molecule has 0 saturated heterocycles. The van der Waals surface area contributed by atoms with Crippen LogP contribution in [-0.2, 0) is 0 Å². The van der Waals surface area contributed by atoms with Crippen molar-refractivity contribution < 1.29 is 17.3 Å². The first kappa shape index (κ1) is 12.8. The largest absolute Gasteiger partial charge is 1.00 e. The molecule has 1 N–H and O–H groups in total. The zero-order chi connectivity index (χ0) is 8.81. The van der Waals surface area contributed by atoms with Gasteiger partial charge in [0, 0.05) is 0 Å². The maximum atomic E-state index is 5.70. The lowest BCUT2D eigenvalue weighted by atomic mass is 10.3. The maximum absolute atomic E-state index is 5.70. The molecule has 0 aromatic heterocycles. The van der Waals surface area contributed by atoms with Crippen molar-refractivity contribution in [3.8, 4) is 0 Å². The molecular weight excluding hydrogens is 205 g/mol. The van der Waals surface area contributed by atoms with Gasteiger partial charge in [-0.15, -0.1) is 11.6 Å². The molecule has 0 amide bonds. The van der Waals surface area contributed by atoms with E-state index < -0.39 is 0 Å². The second-order valence-corrected chi connectivity index (χ2v) is 3.14. The zero-order valence-electron chi connectivity index (χ0n) is 7.76. The molecule has 0 saturated carbocycles. The highest BCUT2D eigenvalue weighted by atomic mass is 35.5. The van der Waals surface area contributed by atoms with Crippen LogP contribution in [0.25, 0.3) is 0 Å². The second kappa shape index (κ2) is 7.19. The average Bonchev–Trinajstić information content (AvgIpc) is 2.15. The number of hydrogen-bond donors (Lipinski definition) is 1. The number of alkyl halides is 1. The predicted molar refractivity (Wildman–Crippen MR) is 53.2 cm³/mol. The van der Waals surface area contributed by atoms with Gasteiger partial charge in [0.1, 0.15) is 5.69 Å². The Balaban J connectivity index is 0.00000144. The van der Waals surface area contributed by atoms with E-state index in [2.05, 4.69) is 31.2 Å². The summed E-state index contributed by atoms with van der Waals surface area (Å²) in [4.78, 5) is 1.45. The van der Waals surface area contributed by atoms with Gasteiger partial charge in [-0.2, -0.15) is 0 Å². The minimum atomic E-state index is 0. The standard InChI is InChI=1S/C10H14ClN.ClH/c1-2-12(9-8-11)10-6-4-3-5-7-10;/h3-7H,2,8-9H2,1H3;1H. The van der Waals surface area contributed by atoms with Crippen LogP contribution in [0.4, 0.5) is 5.69 Å². The summed E-state index contributed by atoms with van der Waals surface area (Å²) in [6.45, 7) is 4.27. The summed E-state index contributed by atoms with van der Waals surface area (Å²) in [7, 11) is 0. The van der Waals surface area contributed by atoms with Crippen molar-refractivity contribution >= 4 is 17.3 Å². The molecule has 13 heavy (non-hydrogen) atoms. The molecule has 0 bridgehead atoms. The first-order valence-electron chi connectivity index (χ1n) is 4.34. The Kier molecular flexibility index (Phi) is 7.06. The summed E-state index contributed by atoms with van der Waals surface area (Å²) >= 11 is 5.70. The number of halogens is 2. The molecule has 0 aliphatic rings. The monoisotopic (exact) mass is 219 g/mol. The summed E-state index contributed by atoms with van der Waals surface area (Å²) < 4.78 is 0. The highest BCUT2D eigenvalue weighted by Crippen LogP contribution is 1.97. The van der Waals surface area contributed by atoms with Gasteiger partial charge in [-0.05, 0) is 19.1 Å². The number of quaternary nitrogens is 1. The van der Waals surface area contributed by atoms with Crippen LogP contribution in [0.2, 0.25) is 0 Å². The minimum absolute atomic E-state index is 0. The van der Waals surface area contributed by atoms with E-state index in [0.717, 1.165) is 19.0 Å². The number of hydrogen-bond acceptors (Lipinski definition) is 0.